The standard InChI is InChI=1S/C29H29ClN4O2/c1-4-16-33(29(36)23-11-13-24(30)14-12-23)19-28(35)31-27-18-25(22-8-6-5-7-9-22)32-34(27)26-15-10-20(2)17-21(26)3/h5-15,17-18H,4,16,19H2,1-3H3,(H,31,35). The van der Waals surface area contributed by atoms with Crippen LogP contribution in [0, 0.1) is 13.8 Å². The third-order valence-electron chi connectivity index (χ3n) is 5.83. The highest BCUT2D eigenvalue weighted by Gasteiger charge is 2.20. The molecule has 4 aromatic rings. The van der Waals surface area contributed by atoms with Crippen molar-refractivity contribution >= 4 is 29.2 Å². The third-order valence-corrected chi connectivity index (χ3v) is 6.09. The van der Waals surface area contributed by atoms with E-state index in [1.165, 1.54) is 0 Å². The van der Waals surface area contributed by atoms with Crippen LogP contribution in [0.5, 0.6) is 0 Å². The molecule has 36 heavy (non-hydrogen) atoms. The second kappa shape index (κ2) is 11.2. The maximum atomic E-state index is 13.2. The first-order valence-corrected chi connectivity index (χ1v) is 12.3. The van der Waals surface area contributed by atoms with Crippen molar-refractivity contribution in [1.29, 1.82) is 0 Å². The summed E-state index contributed by atoms with van der Waals surface area (Å²) in [5.41, 5.74) is 5.25. The van der Waals surface area contributed by atoms with E-state index < -0.39 is 0 Å². The minimum Gasteiger partial charge on any atom is -0.329 e. The van der Waals surface area contributed by atoms with Gasteiger partial charge in [0.25, 0.3) is 5.91 Å². The molecule has 1 heterocycles. The number of aryl methyl sites for hydroxylation is 2. The smallest absolute Gasteiger partial charge is 0.254 e. The molecule has 0 aliphatic heterocycles. The Balaban J connectivity index is 1.62. The Kier molecular flexibility index (Phi) is 7.86. The van der Waals surface area contributed by atoms with E-state index in [0.29, 0.717) is 22.9 Å². The lowest BCUT2D eigenvalue weighted by molar-refractivity contribution is -0.116. The van der Waals surface area contributed by atoms with Gasteiger partial charge >= 0.3 is 0 Å². The van der Waals surface area contributed by atoms with Gasteiger partial charge in [0, 0.05) is 28.8 Å². The predicted molar refractivity (Wildman–Crippen MR) is 145 cm³/mol. The number of halogens is 1. The Morgan fingerprint density at radius 2 is 1.69 bits per heavy atom. The van der Waals surface area contributed by atoms with Gasteiger partial charge in [0.05, 0.1) is 11.4 Å². The molecule has 0 unspecified atom stereocenters. The summed E-state index contributed by atoms with van der Waals surface area (Å²) in [6.45, 7) is 6.42. The normalized spacial score (nSPS) is 10.8. The van der Waals surface area contributed by atoms with Crippen LogP contribution in [0.15, 0.2) is 78.9 Å². The lowest BCUT2D eigenvalue weighted by Gasteiger charge is -2.22. The van der Waals surface area contributed by atoms with Crippen LogP contribution in [0.25, 0.3) is 16.9 Å². The molecular formula is C29H29ClN4O2. The van der Waals surface area contributed by atoms with Gasteiger partial charge in [0.1, 0.15) is 12.4 Å². The van der Waals surface area contributed by atoms with E-state index in [2.05, 4.69) is 11.4 Å². The molecular weight excluding hydrogens is 472 g/mol. The summed E-state index contributed by atoms with van der Waals surface area (Å²) >= 11 is 5.97. The van der Waals surface area contributed by atoms with E-state index in [1.807, 2.05) is 69.3 Å². The Bertz CT molecular complexity index is 1360. The van der Waals surface area contributed by atoms with Gasteiger partial charge in [-0.1, -0.05) is 66.6 Å². The number of nitrogens with one attached hydrogen (secondary N) is 1. The zero-order chi connectivity index (χ0) is 25.7. The molecule has 2 amide bonds. The summed E-state index contributed by atoms with van der Waals surface area (Å²) in [5, 5.41) is 8.36. The number of benzene rings is 3. The maximum absolute atomic E-state index is 13.2. The molecule has 0 atom stereocenters. The van der Waals surface area contributed by atoms with Crippen LogP contribution in [0.1, 0.15) is 34.8 Å². The van der Waals surface area contributed by atoms with Crippen molar-refractivity contribution in [1.82, 2.24) is 14.7 Å². The number of hydrogen-bond donors (Lipinski definition) is 1. The minimum atomic E-state index is -0.295. The van der Waals surface area contributed by atoms with E-state index in [9.17, 15) is 9.59 Å². The average molecular weight is 501 g/mol. The molecule has 0 fully saturated rings. The van der Waals surface area contributed by atoms with Crippen LogP contribution in [-0.4, -0.2) is 39.6 Å². The van der Waals surface area contributed by atoms with E-state index in [4.69, 9.17) is 16.7 Å². The van der Waals surface area contributed by atoms with Gasteiger partial charge in [0.15, 0.2) is 0 Å². The van der Waals surface area contributed by atoms with E-state index >= 15 is 0 Å². The van der Waals surface area contributed by atoms with Gasteiger partial charge in [0.2, 0.25) is 5.91 Å². The first kappa shape index (κ1) is 25.2. The second-order valence-electron chi connectivity index (χ2n) is 8.76. The largest absolute Gasteiger partial charge is 0.329 e. The molecule has 0 aliphatic rings. The van der Waals surface area contributed by atoms with Gasteiger partial charge in [-0.3, -0.25) is 9.59 Å². The molecule has 1 aromatic heterocycles. The van der Waals surface area contributed by atoms with Crippen molar-refractivity contribution in [3.8, 4) is 16.9 Å². The first-order chi connectivity index (χ1) is 17.4. The maximum Gasteiger partial charge on any atom is 0.254 e. The van der Waals surface area contributed by atoms with Crippen LogP contribution in [0.3, 0.4) is 0 Å². The predicted octanol–water partition coefficient (Wildman–Crippen LogP) is 6.30. The van der Waals surface area contributed by atoms with Crippen molar-refractivity contribution in [3.05, 3.63) is 101 Å². The molecule has 6 nitrogen and oxygen atoms in total. The summed E-state index contributed by atoms with van der Waals surface area (Å²) in [4.78, 5) is 27.8. The third kappa shape index (κ3) is 5.83. The van der Waals surface area contributed by atoms with Crippen molar-refractivity contribution in [3.63, 3.8) is 0 Å². The number of hydrogen-bond acceptors (Lipinski definition) is 3. The summed E-state index contributed by atoms with van der Waals surface area (Å²) in [7, 11) is 0. The van der Waals surface area contributed by atoms with Crippen molar-refractivity contribution in [2.45, 2.75) is 27.2 Å². The van der Waals surface area contributed by atoms with Crippen LogP contribution in [0.4, 0.5) is 5.82 Å². The number of amides is 2. The van der Waals surface area contributed by atoms with Crippen LogP contribution in [0.2, 0.25) is 5.02 Å². The molecule has 0 spiro atoms. The molecule has 0 saturated heterocycles. The molecule has 0 radical (unpaired) electrons. The number of nitrogens with zero attached hydrogens (tertiary/aromatic N) is 3. The van der Waals surface area contributed by atoms with Crippen molar-refractivity contribution < 1.29 is 9.59 Å². The van der Waals surface area contributed by atoms with Crippen molar-refractivity contribution in [2.75, 3.05) is 18.4 Å². The zero-order valence-corrected chi connectivity index (χ0v) is 21.4. The number of aromatic nitrogens is 2. The molecule has 184 valence electrons. The summed E-state index contributed by atoms with van der Waals surface area (Å²) in [5.74, 6) is 0.0361. The summed E-state index contributed by atoms with van der Waals surface area (Å²) < 4.78 is 1.75. The average Bonchev–Trinajstić information content (AvgIpc) is 3.27. The molecule has 0 aliphatic carbocycles. The lowest BCUT2D eigenvalue weighted by Crippen LogP contribution is -2.38. The van der Waals surface area contributed by atoms with Gasteiger partial charge in [-0.15, -0.1) is 0 Å². The number of carbonyl (C=O) groups excluding carboxylic acids is 2. The highest BCUT2D eigenvalue weighted by molar-refractivity contribution is 6.30. The van der Waals surface area contributed by atoms with E-state index in [1.54, 1.807) is 33.8 Å². The van der Waals surface area contributed by atoms with E-state index in [-0.39, 0.29) is 18.4 Å². The molecule has 0 saturated carbocycles. The number of rotatable bonds is 8. The Morgan fingerprint density at radius 3 is 2.36 bits per heavy atom. The lowest BCUT2D eigenvalue weighted by atomic mass is 10.1. The number of anilines is 1. The molecule has 1 N–H and O–H groups in total. The van der Waals surface area contributed by atoms with Crippen molar-refractivity contribution in [2.24, 2.45) is 0 Å². The fourth-order valence-electron chi connectivity index (χ4n) is 4.10. The summed E-state index contributed by atoms with van der Waals surface area (Å²) in [6, 6.07) is 24.5. The molecule has 0 bridgehead atoms. The fraction of sp³-hybridized carbons (Fsp3) is 0.207. The zero-order valence-electron chi connectivity index (χ0n) is 20.7. The van der Waals surface area contributed by atoms with Crippen LogP contribution < -0.4 is 5.32 Å². The van der Waals surface area contributed by atoms with Gasteiger partial charge in [-0.25, -0.2) is 4.68 Å². The summed E-state index contributed by atoms with van der Waals surface area (Å²) in [6.07, 6.45) is 0.727. The van der Waals surface area contributed by atoms with Crippen LogP contribution in [-0.2, 0) is 4.79 Å². The first-order valence-electron chi connectivity index (χ1n) is 11.9. The molecule has 3 aromatic carbocycles. The number of carbonyl (C=O) groups is 2. The Morgan fingerprint density at radius 1 is 0.972 bits per heavy atom. The monoisotopic (exact) mass is 500 g/mol. The molecule has 4 rings (SSSR count). The van der Waals surface area contributed by atoms with Gasteiger partial charge in [-0.2, -0.15) is 5.10 Å². The highest BCUT2D eigenvalue weighted by Crippen LogP contribution is 2.26. The van der Waals surface area contributed by atoms with E-state index in [0.717, 1.165) is 34.5 Å². The van der Waals surface area contributed by atoms with Crippen LogP contribution >= 0.6 is 11.6 Å². The second-order valence-corrected chi connectivity index (χ2v) is 9.20. The Labute approximate surface area is 216 Å². The fourth-order valence-corrected chi connectivity index (χ4v) is 4.23. The Hall–Kier alpha value is -3.90. The molecule has 7 heteroatoms. The highest BCUT2D eigenvalue weighted by atomic mass is 35.5. The topological polar surface area (TPSA) is 67.2 Å². The van der Waals surface area contributed by atoms with Gasteiger partial charge < -0.3 is 10.2 Å². The minimum absolute atomic E-state index is 0.0754. The quantitative estimate of drug-likeness (QED) is 0.308. The van der Waals surface area contributed by atoms with Gasteiger partial charge in [-0.05, 0) is 56.2 Å². The SMILES string of the molecule is CCCN(CC(=O)Nc1cc(-c2ccccc2)nn1-c1ccc(C)cc1C)C(=O)c1ccc(Cl)cc1.